The minimum absolute atomic E-state index is 0.0986. The second-order valence-electron chi connectivity index (χ2n) is 15.7. The van der Waals surface area contributed by atoms with Gasteiger partial charge in [-0.05, 0) is 128 Å². The fraction of sp³-hybridized carbons (Fsp3) is 0.778. The predicted octanol–water partition coefficient (Wildman–Crippen LogP) is 7.18. The fourth-order valence-corrected chi connectivity index (χ4v) is 11.5. The molecule has 1 aliphatic heterocycles. The highest BCUT2D eigenvalue weighted by Gasteiger charge is 2.62. The Morgan fingerprint density at radius 1 is 0.911 bits per heavy atom. The Labute approximate surface area is 279 Å². The lowest BCUT2D eigenvalue weighted by molar-refractivity contribution is -0.174. The van der Waals surface area contributed by atoms with Crippen molar-refractivity contribution in [3.05, 3.63) is 33.8 Å². The van der Waals surface area contributed by atoms with Crippen molar-refractivity contribution in [1.29, 1.82) is 0 Å². The Bertz CT molecular complexity index is 1240. The number of aliphatic hydroxyl groups is 2. The van der Waals surface area contributed by atoms with Gasteiger partial charge in [-0.15, -0.1) is 0 Å². The van der Waals surface area contributed by atoms with Crippen LogP contribution in [0.15, 0.2) is 18.2 Å². The SMILES string of the molecule is C[C@H](CCC(=O)N1CCN(C(=O)OCc2cc(Cl)cc(Cl)c2)CC1)[C@H]1CC[C@H]2[C@@H]3[C@@H](O)C[C@H]4C[C@H](O)CC[C@]4(C)[C@H]3CC[C@]12C. The topological polar surface area (TPSA) is 90.3 Å². The summed E-state index contributed by atoms with van der Waals surface area (Å²) in [7, 11) is 0. The number of piperazine rings is 1. The van der Waals surface area contributed by atoms with E-state index in [2.05, 4.69) is 20.8 Å². The molecule has 0 unspecified atom stereocenters. The van der Waals surface area contributed by atoms with E-state index in [9.17, 15) is 19.8 Å². The average Bonchev–Trinajstić information content (AvgIpc) is 3.36. The molecule has 2 N–H and O–H groups in total. The van der Waals surface area contributed by atoms with Gasteiger partial charge in [-0.1, -0.05) is 44.0 Å². The fourth-order valence-electron chi connectivity index (χ4n) is 11.0. The van der Waals surface area contributed by atoms with Crippen molar-refractivity contribution < 1.29 is 24.5 Å². The normalized spacial score (nSPS) is 38.6. The second kappa shape index (κ2) is 13.2. The minimum atomic E-state index is -0.390. The monoisotopic (exact) mass is 662 g/mol. The van der Waals surface area contributed by atoms with Crippen LogP contribution in [0.4, 0.5) is 4.79 Å². The quantitative estimate of drug-likeness (QED) is 0.337. The van der Waals surface area contributed by atoms with E-state index in [0.29, 0.717) is 78.2 Å². The first kappa shape index (κ1) is 33.4. The Balaban J connectivity index is 0.982. The molecule has 2 amide bonds. The van der Waals surface area contributed by atoms with Crippen molar-refractivity contribution in [2.45, 2.75) is 104 Å². The molecular formula is C36H52Cl2N2O5. The van der Waals surface area contributed by atoms with E-state index < -0.39 is 0 Å². The first-order valence-electron chi connectivity index (χ1n) is 17.4. The van der Waals surface area contributed by atoms with Crippen LogP contribution >= 0.6 is 23.2 Å². The lowest BCUT2D eigenvalue weighted by Gasteiger charge is -2.62. The molecule has 7 nitrogen and oxygen atoms in total. The molecule has 10 atom stereocenters. The van der Waals surface area contributed by atoms with Crippen molar-refractivity contribution >= 4 is 35.2 Å². The summed E-state index contributed by atoms with van der Waals surface area (Å²) in [6, 6.07) is 5.10. The van der Waals surface area contributed by atoms with Crippen LogP contribution in [0.1, 0.15) is 90.5 Å². The molecule has 0 spiro atoms. The summed E-state index contributed by atoms with van der Waals surface area (Å²) in [4.78, 5) is 29.5. The summed E-state index contributed by atoms with van der Waals surface area (Å²) in [5.41, 5.74) is 1.19. The standard InChI is InChI=1S/C36H52Cl2N2O5/c1-22(4-7-32(43)39-12-14-40(15-13-39)34(44)45-21-23-16-25(37)20-26(38)17-23)28-5-6-29-33-30(9-11-36(28,29)3)35(2)10-8-27(41)18-24(35)19-31(33)42/h16-17,20,22,24,27-31,33,41-42H,4-15,18-19,21H2,1-3H3/t22-,24-,27-,28-,29+,30+,31+,33+,35+,36-/m1/s1. The van der Waals surface area contributed by atoms with Gasteiger partial charge < -0.3 is 24.7 Å². The van der Waals surface area contributed by atoms with Gasteiger partial charge in [0.2, 0.25) is 5.91 Å². The van der Waals surface area contributed by atoms with Gasteiger partial charge in [-0.25, -0.2) is 4.79 Å². The van der Waals surface area contributed by atoms with E-state index in [4.69, 9.17) is 27.9 Å². The molecule has 1 aromatic rings. The highest BCUT2D eigenvalue weighted by molar-refractivity contribution is 6.34. The van der Waals surface area contributed by atoms with Crippen LogP contribution in [0, 0.1) is 46.3 Å². The lowest BCUT2D eigenvalue weighted by Crippen LogP contribution is -2.58. The van der Waals surface area contributed by atoms with Gasteiger partial charge in [0.05, 0.1) is 12.2 Å². The number of halogens is 2. The second-order valence-corrected chi connectivity index (χ2v) is 16.5. The molecule has 6 rings (SSSR count). The molecule has 45 heavy (non-hydrogen) atoms. The van der Waals surface area contributed by atoms with E-state index in [0.717, 1.165) is 37.7 Å². The van der Waals surface area contributed by atoms with E-state index >= 15 is 0 Å². The number of carbonyl (C=O) groups is 2. The number of hydrogen-bond donors (Lipinski definition) is 2. The maximum absolute atomic E-state index is 13.3. The molecule has 1 saturated heterocycles. The largest absolute Gasteiger partial charge is 0.445 e. The van der Waals surface area contributed by atoms with E-state index in [1.54, 1.807) is 23.1 Å². The average molecular weight is 664 g/mol. The van der Waals surface area contributed by atoms with Crippen molar-refractivity contribution in [3.63, 3.8) is 0 Å². The molecule has 4 aliphatic carbocycles. The van der Waals surface area contributed by atoms with Gasteiger partial charge >= 0.3 is 6.09 Å². The van der Waals surface area contributed by atoms with Gasteiger partial charge in [0, 0.05) is 42.6 Å². The Morgan fingerprint density at radius 3 is 2.27 bits per heavy atom. The molecule has 9 heteroatoms. The molecule has 0 bridgehead atoms. The van der Waals surface area contributed by atoms with Gasteiger partial charge in [0.15, 0.2) is 0 Å². The van der Waals surface area contributed by atoms with Crippen LogP contribution in [-0.4, -0.2) is 70.4 Å². The molecule has 0 radical (unpaired) electrons. The third-order valence-electron chi connectivity index (χ3n) is 13.4. The summed E-state index contributed by atoms with van der Waals surface area (Å²) in [5, 5.41) is 22.9. The van der Waals surface area contributed by atoms with Crippen molar-refractivity contribution in [2.75, 3.05) is 26.2 Å². The number of fused-ring (bicyclic) bond motifs is 5. The summed E-state index contributed by atoms with van der Waals surface area (Å²) in [6.45, 7) is 9.37. The molecule has 0 aromatic heterocycles. The van der Waals surface area contributed by atoms with Crippen LogP contribution in [0.2, 0.25) is 10.0 Å². The number of amides is 2. The number of aliphatic hydroxyl groups excluding tert-OH is 2. The third-order valence-corrected chi connectivity index (χ3v) is 13.8. The number of nitrogens with zero attached hydrogens (tertiary/aromatic N) is 2. The van der Waals surface area contributed by atoms with Crippen LogP contribution in [0.5, 0.6) is 0 Å². The summed E-state index contributed by atoms with van der Waals surface area (Å²) >= 11 is 12.1. The molecule has 4 saturated carbocycles. The Hall–Kier alpha value is -1.54. The zero-order valence-corrected chi connectivity index (χ0v) is 28.7. The number of carbonyl (C=O) groups excluding carboxylic acids is 2. The maximum Gasteiger partial charge on any atom is 0.410 e. The molecule has 1 heterocycles. The van der Waals surface area contributed by atoms with Crippen molar-refractivity contribution in [1.82, 2.24) is 9.80 Å². The number of benzene rings is 1. The summed E-state index contributed by atoms with van der Waals surface area (Å²) in [5.74, 6) is 3.10. The Kier molecular flexibility index (Phi) is 9.76. The predicted molar refractivity (Wildman–Crippen MR) is 176 cm³/mol. The van der Waals surface area contributed by atoms with Gasteiger partial charge in [-0.3, -0.25) is 4.79 Å². The van der Waals surface area contributed by atoms with Gasteiger partial charge in [-0.2, -0.15) is 0 Å². The smallest absolute Gasteiger partial charge is 0.410 e. The highest BCUT2D eigenvalue weighted by Crippen LogP contribution is 2.68. The number of hydrogen-bond acceptors (Lipinski definition) is 5. The maximum atomic E-state index is 13.3. The lowest BCUT2D eigenvalue weighted by atomic mass is 9.43. The number of ether oxygens (including phenoxy) is 1. The van der Waals surface area contributed by atoms with Gasteiger partial charge in [0.1, 0.15) is 6.61 Å². The molecule has 250 valence electrons. The zero-order valence-electron chi connectivity index (χ0n) is 27.2. The van der Waals surface area contributed by atoms with E-state index in [-0.39, 0.29) is 41.6 Å². The van der Waals surface area contributed by atoms with E-state index in [1.165, 1.54) is 25.7 Å². The van der Waals surface area contributed by atoms with Crippen LogP contribution in [0.25, 0.3) is 0 Å². The first-order valence-corrected chi connectivity index (χ1v) is 18.1. The van der Waals surface area contributed by atoms with Crippen LogP contribution in [0.3, 0.4) is 0 Å². The molecule has 5 aliphatic rings. The van der Waals surface area contributed by atoms with Crippen LogP contribution < -0.4 is 0 Å². The first-order chi connectivity index (χ1) is 21.4. The molecule has 5 fully saturated rings. The van der Waals surface area contributed by atoms with Crippen molar-refractivity contribution in [2.24, 2.45) is 46.3 Å². The Morgan fingerprint density at radius 2 is 1.56 bits per heavy atom. The highest BCUT2D eigenvalue weighted by atomic mass is 35.5. The summed E-state index contributed by atoms with van der Waals surface area (Å²) in [6.07, 6.45) is 9.02. The molecule has 1 aromatic carbocycles. The summed E-state index contributed by atoms with van der Waals surface area (Å²) < 4.78 is 5.48. The van der Waals surface area contributed by atoms with E-state index in [1.807, 2.05) is 4.90 Å². The zero-order chi connectivity index (χ0) is 32.1. The minimum Gasteiger partial charge on any atom is -0.445 e. The third kappa shape index (κ3) is 6.49. The molecular weight excluding hydrogens is 611 g/mol. The van der Waals surface area contributed by atoms with Crippen molar-refractivity contribution in [3.8, 4) is 0 Å². The van der Waals surface area contributed by atoms with Gasteiger partial charge in [0.25, 0.3) is 0 Å². The van der Waals surface area contributed by atoms with Crippen LogP contribution in [-0.2, 0) is 16.1 Å². The number of rotatable bonds is 6.